The van der Waals surface area contributed by atoms with E-state index in [-0.39, 0.29) is 6.04 Å². The lowest BCUT2D eigenvalue weighted by molar-refractivity contribution is 0.772. The van der Waals surface area contributed by atoms with Gasteiger partial charge in [0.2, 0.25) is 0 Å². The minimum absolute atomic E-state index is 0.0161. The maximum Gasteiger partial charge on any atom is 0.142 e. The van der Waals surface area contributed by atoms with Crippen LogP contribution in [0.5, 0.6) is 0 Å². The molecule has 0 bridgehead atoms. The molecule has 1 fully saturated rings. The molecule has 2 heterocycles. The molecule has 1 aromatic heterocycles. The van der Waals surface area contributed by atoms with Gasteiger partial charge >= 0.3 is 0 Å². The van der Waals surface area contributed by atoms with Gasteiger partial charge in [0.1, 0.15) is 5.82 Å². The van der Waals surface area contributed by atoms with Crippen molar-refractivity contribution < 1.29 is 0 Å². The smallest absolute Gasteiger partial charge is 0.142 e. The first-order valence-corrected chi connectivity index (χ1v) is 7.67. The van der Waals surface area contributed by atoms with Gasteiger partial charge in [-0.1, -0.05) is 0 Å². The van der Waals surface area contributed by atoms with Gasteiger partial charge < -0.3 is 5.73 Å². The SMILES string of the molecule is Cc1nc(C2CSCCS2)ncc1[C@@H](C)N. The van der Waals surface area contributed by atoms with E-state index in [1.807, 2.05) is 43.6 Å². The summed E-state index contributed by atoms with van der Waals surface area (Å²) < 4.78 is 0. The molecular formula is C11H17N3S2. The lowest BCUT2D eigenvalue weighted by atomic mass is 10.1. The Morgan fingerprint density at radius 2 is 2.31 bits per heavy atom. The highest BCUT2D eigenvalue weighted by atomic mass is 32.2. The van der Waals surface area contributed by atoms with Crippen molar-refractivity contribution in [1.82, 2.24) is 9.97 Å². The van der Waals surface area contributed by atoms with E-state index in [1.54, 1.807) is 0 Å². The zero-order chi connectivity index (χ0) is 11.5. The summed E-state index contributed by atoms with van der Waals surface area (Å²) in [5.74, 6) is 4.55. The second kappa shape index (κ2) is 5.38. The molecule has 2 rings (SSSR count). The molecule has 1 unspecified atom stereocenters. The highest BCUT2D eigenvalue weighted by molar-refractivity contribution is 8.06. The van der Waals surface area contributed by atoms with Gasteiger partial charge in [-0.2, -0.15) is 11.8 Å². The molecule has 1 aliphatic heterocycles. The molecule has 1 saturated heterocycles. The second-order valence-electron chi connectivity index (χ2n) is 3.99. The normalized spacial score (nSPS) is 23.1. The Labute approximate surface area is 105 Å². The average Bonchev–Trinajstić information content (AvgIpc) is 2.29. The van der Waals surface area contributed by atoms with Gasteiger partial charge in [-0.05, 0) is 13.8 Å². The summed E-state index contributed by atoms with van der Waals surface area (Å²) >= 11 is 3.95. The maximum atomic E-state index is 5.85. The number of nitrogens with two attached hydrogens (primary N) is 1. The van der Waals surface area contributed by atoms with E-state index in [0.29, 0.717) is 5.25 Å². The fourth-order valence-electron chi connectivity index (χ4n) is 1.73. The molecule has 0 amide bonds. The first-order valence-electron chi connectivity index (χ1n) is 5.47. The third-order valence-corrected chi connectivity index (χ3v) is 5.38. The number of nitrogens with zero attached hydrogens (tertiary/aromatic N) is 2. The Bertz CT molecular complexity index is 362. The molecule has 2 N–H and O–H groups in total. The van der Waals surface area contributed by atoms with Crippen LogP contribution in [0.1, 0.15) is 35.3 Å². The molecule has 1 aliphatic rings. The Morgan fingerprint density at radius 3 is 2.88 bits per heavy atom. The monoisotopic (exact) mass is 255 g/mol. The van der Waals surface area contributed by atoms with Crippen LogP contribution in [-0.4, -0.2) is 27.2 Å². The number of aromatic nitrogens is 2. The summed E-state index contributed by atoms with van der Waals surface area (Å²) in [5.41, 5.74) is 7.93. The van der Waals surface area contributed by atoms with E-state index in [0.717, 1.165) is 22.8 Å². The lowest BCUT2D eigenvalue weighted by Crippen LogP contribution is -2.14. The molecule has 16 heavy (non-hydrogen) atoms. The summed E-state index contributed by atoms with van der Waals surface area (Å²) in [5, 5.41) is 0.458. The van der Waals surface area contributed by atoms with Crippen molar-refractivity contribution in [3.8, 4) is 0 Å². The van der Waals surface area contributed by atoms with Crippen LogP contribution in [0.4, 0.5) is 0 Å². The van der Waals surface area contributed by atoms with Gasteiger partial charge in [0.25, 0.3) is 0 Å². The molecule has 2 atom stereocenters. The predicted molar refractivity (Wildman–Crippen MR) is 71.9 cm³/mol. The van der Waals surface area contributed by atoms with Crippen LogP contribution >= 0.6 is 23.5 Å². The van der Waals surface area contributed by atoms with E-state index in [1.165, 1.54) is 11.5 Å². The third kappa shape index (κ3) is 2.70. The van der Waals surface area contributed by atoms with Crippen molar-refractivity contribution in [2.24, 2.45) is 5.73 Å². The predicted octanol–water partition coefficient (Wildman–Crippen LogP) is 2.33. The van der Waals surface area contributed by atoms with E-state index < -0.39 is 0 Å². The van der Waals surface area contributed by atoms with Gasteiger partial charge in [-0.3, -0.25) is 0 Å². The third-order valence-electron chi connectivity index (χ3n) is 2.63. The highest BCUT2D eigenvalue weighted by Gasteiger charge is 2.20. The fraction of sp³-hybridized carbons (Fsp3) is 0.636. The minimum Gasteiger partial charge on any atom is -0.324 e. The van der Waals surface area contributed by atoms with Gasteiger partial charge in [0, 0.05) is 40.8 Å². The molecule has 3 nitrogen and oxygen atoms in total. The minimum atomic E-state index is 0.0161. The van der Waals surface area contributed by atoms with E-state index in [4.69, 9.17) is 5.73 Å². The largest absolute Gasteiger partial charge is 0.324 e. The number of hydrogen-bond acceptors (Lipinski definition) is 5. The molecule has 0 aromatic carbocycles. The molecule has 88 valence electrons. The van der Waals surface area contributed by atoms with Crippen molar-refractivity contribution in [3.05, 3.63) is 23.3 Å². The van der Waals surface area contributed by atoms with Crippen molar-refractivity contribution in [3.63, 3.8) is 0 Å². The number of rotatable bonds is 2. The first kappa shape index (κ1) is 12.2. The Balaban J connectivity index is 2.19. The summed E-state index contributed by atoms with van der Waals surface area (Å²) in [7, 11) is 0. The zero-order valence-electron chi connectivity index (χ0n) is 9.64. The van der Waals surface area contributed by atoms with Crippen LogP contribution in [0, 0.1) is 6.92 Å². The Morgan fingerprint density at radius 1 is 1.50 bits per heavy atom. The molecule has 0 spiro atoms. The summed E-state index contributed by atoms with van der Waals surface area (Å²) in [4.78, 5) is 9.05. The quantitative estimate of drug-likeness (QED) is 0.879. The molecule has 0 aliphatic carbocycles. The molecular weight excluding hydrogens is 238 g/mol. The van der Waals surface area contributed by atoms with Gasteiger partial charge in [0.05, 0.1) is 5.25 Å². The van der Waals surface area contributed by atoms with Crippen LogP contribution < -0.4 is 5.73 Å². The topological polar surface area (TPSA) is 51.8 Å². The summed E-state index contributed by atoms with van der Waals surface area (Å²) in [6.07, 6.45) is 1.89. The van der Waals surface area contributed by atoms with Crippen molar-refractivity contribution in [1.29, 1.82) is 0 Å². The second-order valence-corrected chi connectivity index (χ2v) is 6.45. The van der Waals surface area contributed by atoms with E-state index >= 15 is 0 Å². The Kier molecular flexibility index (Phi) is 4.10. The van der Waals surface area contributed by atoms with E-state index in [2.05, 4.69) is 9.97 Å². The van der Waals surface area contributed by atoms with Crippen molar-refractivity contribution in [2.75, 3.05) is 17.3 Å². The summed E-state index contributed by atoms with van der Waals surface area (Å²) in [6.45, 7) is 3.99. The van der Waals surface area contributed by atoms with Gasteiger partial charge in [0.15, 0.2) is 0 Å². The highest BCUT2D eigenvalue weighted by Crippen LogP contribution is 2.35. The fourth-order valence-corrected chi connectivity index (χ4v) is 4.34. The van der Waals surface area contributed by atoms with Crippen LogP contribution in [0.3, 0.4) is 0 Å². The average molecular weight is 255 g/mol. The van der Waals surface area contributed by atoms with Crippen LogP contribution in [0.15, 0.2) is 6.20 Å². The Hall–Kier alpha value is -0.260. The molecule has 0 radical (unpaired) electrons. The van der Waals surface area contributed by atoms with Crippen LogP contribution in [0.25, 0.3) is 0 Å². The lowest BCUT2D eigenvalue weighted by Gasteiger charge is -2.20. The van der Waals surface area contributed by atoms with Crippen molar-refractivity contribution >= 4 is 23.5 Å². The van der Waals surface area contributed by atoms with Crippen LogP contribution in [0.2, 0.25) is 0 Å². The zero-order valence-corrected chi connectivity index (χ0v) is 11.3. The van der Waals surface area contributed by atoms with Gasteiger partial charge in [-0.25, -0.2) is 9.97 Å². The standard InChI is InChI=1S/C11H17N3S2/c1-7(12)9-5-13-11(14-8(9)2)10-6-15-3-4-16-10/h5,7,10H,3-4,6,12H2,1-2H3/t7-,10?/m1/s1. The molecule has 1 aromatic rings. The van der Waals surface area contributed by atoms with Crippen molar-refractivity contribution in [2.45, 2.75) is 25.1 Å². The molecule has 0 saturated carbocycles. The number of aryl methyl sites for hydroxylation is 1. The summed E-state index contributed by atoms with van der Waals surface area (Å²) in [6, 6.07) is 0.0161. The van der Waals surface area contributed by atoms with Crippen LogP contribution in [-0.2, 0) is 0 Å². The molecule has 5 heteroatoms. The maximum absolute atomic E-state index is 5.85. The van der Waals surface area contributed by atoms with Gasteiger partial charge in [-0.15, -0.1) is 11.8 Å². The first-order chi connectivity index (χ1) is 7.68. The van der Waals surface area contributed by atoms with E-state index in [9.17, 15) is 0 Å². The number of thioether (sulfide) groups is 2. The number of hydrogen-bond donors (Lipinski definition) is 1.